The number of carbonyl (C=O) groups excluding carboxylic acids is 3. The number of para-hydroxylation sites is 1. The quantitative estimate of drug-likeness (QED) is 0.217. The predicted octanol–water partition coefficient (Wildman–Crippen LogP) is 5.77. The van der Waals surface area contributed by atoms with Crippen LogP contribution in [0.4, 0.5) is 25.1 Å². The number of imide groups is 1. The Labute approximate surface area is 244 Å². The van der Waals surface area contributed by atoms with Crippen molar-refractivity contribution in [3.05, 3.63) is 95.3 Å². The van der Waals surface area contributed by atoms with Crippen molar-refractivity contribution in [2.45, 2.75) is 26.2 Å². The average molecular weight is 585 g/mol. The molecule has 1 aliphatic rings. The van der Waals surface area contributed by atoms with Crippen molar-refractivity contribution in [1.82, 2.24) is 20.1 Å². The third-order valence-corrected chi connectivity index (χ3v) is 7.23. The Morgan fingerprint density at radius 1 is 1.00 bits per heavy atom. The number of benzene rings is 3. The van der Waals surface area contributed by atoms with Crippen LogP contribution in [0.3, 0.4) is 0 Å². The van der Waals surface area contributed by atoms with Gasteiger partial charge in [-0.15, -0.1) is 0 Å². The number of aryl methyl sites for hydroxylation is 1. The van der Waals surface area contributed by atoms with E-state index in [1.807, 2.05) is 0 Å². The molecule has 3 aromatic carbocycles. The highest BCUT2D eigenvalue weighted by molar-refractivity contribution is 6.16. The van der Waals surface area contributed by atoms with Gasteiger partial charge in [0.1, 0.15) is 17.4 Å². The molecule has 0 bridgehead atoms. The molecule has 43 heavy (non-hydrogen) atoms. The van der Waals surface area contributed by atoms with Crippen molar-refractivity contribution < 1.29 is 27.9 Å². The van der Waals surface area contributed by atoms with Crippen molar-refractivity contribution in [1.29, 1.82) is 0 Å². The molecule has 12 heteroatoms. The zero-order valence-electron chi connectivity index (χ0n) is 23.0. The molecule has 1 aliphatic heterocycles. The number of carbonyl (C=O) groups is 3. The van der Waals surface area contributed by atoms with Crippen LogP contribution in [-0.4, -0.2) is 39.0 Å². The third-order valence-electron chi connectivity index (χ3n) is 7.23. The number of ketones is 1. The number of aromatic amines is 1. The number of anilines is 2. The zero-order valence-corrected chi connectivity index (χ0v) is 23.0. The van der Waals surface area contributed by atoms with Crippen LogP contribution in [0.15, 0.2) is 66.9 Å². The number of nitrogens with two attached hydrogens (primary N) is 1. The average Bonchev–Trinajstić information content (AvgIpc) is 3.56. The topological polar surface area (TPSA) is 135 Å². The summed E-state index contributed by atoms with van der Waals surface area (Å²) in [6, 6.07) is 14.4. The standard InChI is InChI=1S/C31H26F2N6O4/c1-17-12-19(43-27-7-3-2-6-21(27)32)9-10-25(17)39-30(34)20(16-36-39)29(41)24-14-18-13-22(33)26(15-23(18)37-24)38-28(40)8-4-5-11-35-31(38)42/h2-3,6-7,9-10,12-16,37H,4-5,8,11,34H2,1H3,(H,35,42). The summed E-state index contributed by atoms with van der Waals surface area (Å²) in [5.41, 5.74) is 8.02. The van der Waals surface area contributed by atoms with Gasteiger partial charge in [-0.05, 0) is 73.9 Å². The Morgan fingerprint density at radius 3 is 2.60 bits per heavy atom. The number of H-pyrrole nitrogens is 1. The van der Waals surface area contributed by atoms with E-state index in [1.165, 1.54) is 41.2 Å². The molecular weight excluding hydrogens is 558 g/mol. The van der Waals surface area contributed by atoms with Gasteiger partial charge in [0.05, 0.1) is 28.8 Å². The summed E-state index contributed by atoms with van der Waals surface area (Å²) >= 11 is 0. The molecule has 1 fully saturated rings. The number of fused-ring (bicyclic) bond motifs is 1. The number of nitrogen functional groups attached to an aromatic ring is 1. The maximum Gasteiger partial charge on any atom is 0.328 e. The van der Waals surface area contributed by atoms with E-state index in [1.54, 1.807) is 37.3 Å². The summed E-state index contributed by atoms with van der Waals surface area (Å²) in [6.45, 7) is 2.18. The second kappa shape index (κ2) is 11.0. The molecule has 3 amide bonds. The van der Waals surface area contributed by atoms with Gasteiger partial charge in [0, 0.05) is 23.9 Å². The van der Waals surface area contributed by atoms with Gasteiger partial charge in [-0.3, -0.25) is 9.59 Å². The van der Waals surface area contributed by atoms with E-state index in [0.717, 1.165) is 4.90 Å². The number of halogens is 2. The minimum atomic E-state index is -0.778. The van der Waals surface area contributed by atoms with Gasteiger partial charge < -0.3 is 20.8 Å². The number of rotatable bonds is 6. The van der Waals surface area contributed by atoms with Crippen LogP contribution in [0.2, 0.25) is 0 Å². The molecule has 0 atom stereocenters. The third kappa shape index (κ3) is 5.18. The van der Waals surface area contributed by atoms with Crippen LogP contribution in [0.1, 0.15) is 40.9 Å². The zero-order chi connectivity index (χ0) is 30.2. The lowest BCUT2D eigenvalue weighted by Gasteiger charge is -2.24. The van der Waals surface area contributed by atoms with E-state index < -0.39 is 29.4 Å². The molecule has 0 saturated carbocycles. The smallest absolute Gasteiger partial charge is 0.328 e. The van der Waals surface area contributed by atoms with Crippen molar-refractivity contribution in [2.75, 3.05) is 17.2 Å². The molecule has 6 rings (SSSR count). The number of aromatic nitrogens is 3. The van der Waals surface area contributed by atoms with Crippen molar-refractivity contribution in [2.24, 2.45) is 0 Å². The minimum Gasteiger partial charge on any atom is -0.454 e. The molecule has 1 saturated heterocycles. The Morgan fingerprint density at radius 2 is 1.81 bits per heavy atom. The summed E-state index contributed by atoms with van der Waals surface area (Å²) in [5.74, 6) is -1.70. The van der Waals surface area contributed by atoms with Crippen LogP contribution < -0.4 is 20.7 Å². The van der Waals surface area contributed by atoms with Gasteiger partial charge in [-0.25, -0.2) is 23.2 Å². The highest BCUT2D eigenvalue weighted by atomic mass is 19.1. The van der Waals surface area contributed by atoms with Crippen LogP contribution >= 0.6 is 0 Å². The second-order valence-corrected chi connectivity index (χ2v) is 10.2. The number of amides is 3. The number of nitrogens with one attached hydrogen (secondary N) is 2. The predicted molar refractivity (Wildman–Crippen MR) is 156 cm³/mol. The summed E-state index contributed by atoms with van der Waals surface area (Å²) in [7, 11) is 0. The number of hydrogen-bond acceptors (Lipinski definition) is 6. The highest BCUT2D eigenvalue weighted by Crippen LogP contribution is 2.31. The number of hydrogen-bond donors (Lipinski definition) is 3. The monoisotopic (exact) mass is 584 g/mol. The lowest BCUT2D eigenvalue weighted by atomic mass is 10.1. The maximum absolute atomic E-state index is 15.1. The van der Waals surface area contributed by atoms with E-state index in [2.05, 4.69) is 15.4 Å². The second-order valence-electron chi connectivity index (χ2n) is 10.2. The Bertz CT molecular complexity index is 1900. The molecule has 0 radical (unpaired) electrons. The van der Waals surface area contributed by atoms with Crippen molar-refractivity contribution >= 4 is 40.1 Å². The fraction of sp³-hybridized carbons (Fsp3) is 0.161. The first-order valence-corrected chi connectivity index (χ1v) is 13.6. The number of urea groups is 1. The molecule has 0 aliphatic carbocycles. The van der Waals surface area contributed by atoms with Crippen LogP contribution in [0, 0.1) is 18.6 Å². The van der Waals surface area contributed by atoms with Crippen molar-refractivity contribution in [3.8, 4) is 17.2 Å². The lowest BCUT2D eigenvalue weighted by Crippen LogP contribution is -2.46. The van der Waals surface area contributed by atoms with Crippen LogP contribution in [-0.2, 0) is 4.79 Å². The van der Waals surface area contributed by atoms with E-state index in [4.69, 9.17) is 10.5 Å². The molecule has 218 valence electrons. The summed E-state index contributed by atoms with van der Waals surface area (Å²) in [6.07, 6.45) is 2.68. The van der Waals surface area contributed by atoms with Crippen LogP contribution in [0.25, 0.3) is 16.6 Å². The van der Waals surface area contributed by atoms with Gasteiger partial charge in [-0.2, -0.15) is 5.10 Å². The van der Waals surface area contributed by atoms with E-state index in [9.17, 15) is 18.8 Å². The first-order valence-electron chi connectivity index (χ1n) is 13.6. The van der Waals surface area contributed by atoms with Gasteiger partial charge >= 0.3 is 6.03 Å². The number of nitrogens with zero attached hydrogens (tertiary/aromatic N) is 3. The minimum absolute atomic E-state index is 0.0734. The SMILES string of the molecule is Cc1cc(Oc2ccccc2F)ccc1-n1ncc(C(=O)c2cc3cc(F)c(N4C(=O)CCCCNC4=O)cc3[nH]2)c1N. The summed E-state index contributed by atoms with van der Waals surface area (Å²) in [5, 5.41) is 7.29. The van der Waals surface area contributed by atoms with Gasteiger partial charge in [0.15, 0.2) is 11.6 Å². The Balaban J connectivity index is 1.28. The summed E-state index contributed by atoms with van der Waals surface area (Å²) in [4.78, 5) is 42.5. The molecule has 2 aromatic heterocycles. The molecule has 5 aromatic rings. The Hall–Kier alpha value is -5.52. The Kier molecular flexibility index (Phi) is 7.10. The number of ether oxygens (including phenoxy) is 1. The molecule has 10 nitrogen and oxygen atoms in total. The molecule has 0 spiro atoms. The van der Waals surface area contributed by atoms with Gasteiger partial charge in [-0.1, -0.05) is 12.1 Å². The van der Waals surface area contributed by atoms with E-state index in [0.29, 0.717) is 47.3 Å². The largest absolute Gasteiger partial charge is 0.454 e. The summed E-state index contributed by atoms with van der Waals surface area (Å²) < 4.78 is 36.2. The maximum atomic E-state index is 15.1. The van der Waals surface area contributed by atoms with Crippen molar-refractivity contribution in [3.63, 3.8) is 0 Å². The fourth-order valence-electron chi connectivity index (χ4n) is 5.03. The normalized spacial score (nSPS) is 14.0. The van der Waals surface area contributed by atoms with E-state index in [-0.39, 0.29) is 34.9 Å². The first kappa shape index (κ1) is 27.6. The molecule has 0 unspecified atom stereocenters. The molecule has 3 heterocycles. The first-order chi connectivity index (χ1) is 20.7. The van der Waals surface area contributed by atoms with E-state index >= 15 is 4.39 Å². The van der Waals surface area contributed by atoms with Gasteiger partial charge in [0.25, 0.3) is 0 Å². The molecular formula is C31H26F2N6O4. The van der Waals surface area contributed by atoms with Gasteiger partial charge in [0.2, 0.25) is 11.7 Å². The lowest BCUT2D eigenvalue weighted by molar-refractivity contribution is -0.118. The molecule has 4 N–H and O–H groups in total. The van der Waals surface area contributed by atoms with Crippen LogP contribution in [0.5, 0.6) is 11.5 Å². The fourth-order valence-corrected chi connectivity index (χ4v) is 5.03. The highest BCUT2D eigenvalue weighted by Gasteiger charge is 2.28.